The molecule has 104 valence electrons. The Labute approximate surface area is 113 Å². The first kappa shape index (κ1) is 12.7. The SMILES string of the molecule is CC(C(=O)N1CCCC(c2ccn[nH]2)C1)C1CNC1. The van der Waals surface area contributed by atoms with Crippen molar-refractivity contribution in [1.29, 1.82) is 0 Å². The third kappa shape index (κ3) is 2.52. The maximum Gasteiger partial charge on any atom is 0.225 e. The van der Waals surface area contributed by atoms with E-state index in [0.717, 1.165) is 44.7 Å². The van der Waals surface area contributed by atoms with Crippen molar-refractivity contribution in [2.75, 3.05) is 26.2 Å². The number of amides is 1. The van der Waals surface area contributed by atoms with Gasteiger partial charge in [0.1, 0.15) is 0 Å². The van der Waals surface area contributed by atoms with Crippen LogP contribution in [0.5, 0.6) is 0 Å². The van der Waals surface area contributed by atoms with Crippen molar-refractivity contribution in [3.05, 3.63) is 18.0 Å². The van der Waals surface area contributed by atoms with Crippen molar-refractivity contribution in [3.63, 3.8) is 0 Å². The minimum Gasteiger partial charge on any atom is -0.342 e. The number of carbonyl (C=O) groups excluding carboxylic acids is 1. The van der Waals surface area contributed by atoms with E-state index in [1.54, 1.807) is 6.20 Å². The number of piperidine rings is 1. The lowest BCUT2D eigenvalue weighted by atomic mass is 9.86. The zero-order valence-electron chi connectivity index (χ0n) is 11.4. The molecule has 2 saturated heterocycles. The van der Waals surface area contributed by atoms with E-state index in [9.17, 15) is 4.79 Å². The summed E-state index contributed by atoms with van der Waals surface area (Å²) in [6.07, 6.45) is 4.02. The second kappa shape index (κ2) is 5.33. The summed E-state index contributed by atoms with van der Waals surface area (Å²) in [5.74, 6) is 1.43. The lowest BCUT2D eigenvalue weighted by molar-refractivity contribution is -0.138. The van der Waals surface area contributed by atoms with E-state index in [1.807, 2.05) is 6.07 Å². The molecule has 2 fully saturated rings. The van der Waals surface area contributed by atoms with E-state index in [1.165, 1.54) is 0 Å². The van der Waals surface area contributed by atoms with E-state index < -0.39 is 0 Å². The first-order valence-electron chi connectivity index (χ1n) is 7.24. The number of hydrogen-bond acceptors (Lipinski definition) is 3. The maximum absolute atomic E-state index is 12.5. The van der Waals surface area contributed by atoms with Crippen molar-refractivity contribution in [2.24, 2.45) is 11.8 Å². The molecule has 19 heavy (non-hydrogen) atoms. The molecule has 0 bridgehead atoms. The molecule has 2 unspecified atom stereocenters. The molecule has 1 aromatic heterocycles. The third-order valence-corrected chi connectivity index (χ3v) is 4.60. The van der Waals surface area contributed by atoms with Gasteiger partial charge in [0.25, 0.3) is 0 Å². The van der Waals surface area contributed by atoms with Gasteiger partial charge in [0.15, 0.2) is 0 Å². The minimum absolute atomic E-state index is 0.154. The standard InChI is InChI=1S/C14H22N4O/c1-10(12-7-15-8-12)14(19)18-6-2-3-11(9-18)13-4-5-16-17-13/h4-5,10-12,15H,2-3,6-9H2,1H3,(H,16,17). The monoisotopic (exact) mass is 262 g/mol. The van der Waals surface area contributed by atoms with E-state index in [-0.39, 0.29) is 5.92 Å². The second-order valence-electron chi connectivity index (χ2n) is 5.84. The van der Waals surface area contributed by atoms with Crippen molar-refractivity contribution in [3.8, 4) is 0 Å². The molecule has 0 spiro atoms. The minimum atomic E-state index is 0.154. The number of nitrogens with one attached hydrogen (secondary N) is 2. The van der Waals surface area contributed by atoms with Gasteiger partial charge in [0.05, 0.1) is 0 Å². The van der Waals surface area contributed by atoms with Gasteiger partial charge < -0.3 is 10.2 Å². The zero-order chi connectivity index (χ0) is 13.2. The molecule has 0 aromatic carbocycles. The van der Waals surface area contributed by atoms with Crippen LogP contribution in [0.2, 0.25) is 0 Å². The van der Waals surface area contributed by atoms with Gasteiger partial charge in [-0.2, -0.15) is 5.10 Å². The lowest BCUT2D eigenvalue weighted by Gasteiger charge is -2.38. The molecule has 0 aliphatic carbocycles. The maximum atomic E-state index is 12.5. The number of aromatic nitrogens is 2. The average Bonchev–Trinajstić information content (AvgIpc) is 2.90. The Balaban J connectivity index is 1.62. The molecule has 5 nitrogen and oxygen atoms in total. The van der Waals surface area contributed by atoms with Gasteiger partial charge in [0.2, 0.25) is 5.91 Å². The second-order valence-corrected chi connectivity index (χ2v) is 5.84. The van der Waals surface area contributed by atoms with Crippen molar-refractivity contribution < 1.29 is 4.79 Å². The van der Waals surface area contributed by atoms with Gasteiger partial charge in [-0.25, -0.2) is 0 Å². The molecule has 3 heterocycles. The highest BCUT2D eigenvalue weighted by Gasteiger charge is 2.33. The third-order valence-electron chi connectivity index (χ3n) is 4.60. The van der Waals surface area contributed by atoms with Crippen LogP contribution in [0.15, 0.2) is 12.3 Å². The largest absolute Gasteiger partial charge is 0.342 e. The number of rotatable bonds is 3. The molecule has 2 atom stereocenters. The summed E-state index contributed by atoms with van der Waals surface area (Å²) in [7, 11) is 0. The molecule has 2 N–H and O–H groups in total. The topological polar surface area (TPSA) is 61.0 Å². The van der Waals surface area contributed by atoms with Crippen molar-refractivity contribution >= 4 is 5.91 Å². The summed E-state index contributed by atoms with van der Waals surface area (Å²) >= 11 is 0. The fourth-order valence-electron chi connectivity index (χ4n) is 3.08. The van der Waals surface area contributed by atoms with Crippen molar-refractivity contribution in [2.45, 2.75) is 25.7 Å². The molecule has 2 aliphatic rings. The Morgan fingerprint density at radius 3 is 3.00 bits per heavy atom. The normalized spacial score (nSPS) is 25.9. The van der Waals surface area contributed by atoms with Crippen LogP contribution >= 0.6 is 0 Å². The van der Waals surface area contributed by atoms with Gasteiger partial charge in [-0.05, 0) is 37.9 Å². The average molecular weight is 262 g/mol. The zero-order valence-corrected chi connectivity index (χ0v) is 11.4. The smallest absolute Gasteiger partial charge is 0.225 e. The van der Waals surface area contributed by atoms with E-state index in [2.05, 4.69) is 27.3 Å². The van der Waals surface area contributed by atoms with Crippen LogP contribution in [0.1, 0.15) is 31.4 Å². The Bertz CT molecular complexity index is 427. The highest BCUT2D eigenvalue weighted by atomic mass is 16.2. The number of nitrogens with zero attached hydrogens (tertiary/aromatic N) is 2. The van der Waals surface area contributed by atoms with Gasteiger partial charge in [-0.3, -0.25) is 9.89 Å². The molecular formula is C14H22N4O. The summed E-state index contributed by atoms with van der Waals surface area (Å²) in [4.78, 5) is 14.6. The summed E-state index contributed by atoms with van der Waals surface area (Å²) < 4.78 is 0. The molecule has 5 heteroatoms. The molecular weight excluding hydrogens is 240 g/mol. The van der Waals surface area contributed by atoms with Crippen LogP contribution in [-0.4, -0.2) is 47.2 Å². The van der Waals surface area contributed by atoms with Gasteiger partial charge in [-0.15, -0.1) is 0 Å². The Morgan fingerprint density at radius 2 is 2.37 bits per heavy atom. The van der Waals surface area contributed by atoms with E-state index >= 15 is 0 Å². The summed E-state index contributed by atoms with van der Waals surface area (Å²) in [5.41, 5.74) is 1.16. The van der Waals surface area contributed by atoms with Crippen LogP contribution in [0.25, 0.3) is 0 Å². The molecule has 0 saturated carbocycles. The molecule has 1 aromatic rings. The molecule has 2 aliphatic heterocycles. The van der Waals surface area contributed by atoms with Crippen LogP contribution < -0.4 is 5.32 Å². The summed E-state index contributed by atoms with van der Waals surface area (Å²) in [5, 5.41) is 10.3. The first-order chi connectivity index (χ1) is 9.25. The fraction of sp³-hybridized carbons (Fsp3) is 0.714. The summed E-state index contributed by atoms with van der Waals surface area (Å²) in [6, 6.07) is 2.03. The lowest BCUT2D eigenvalue weighted by Crippen LogP contribution is -2.51. The predicted molar refractivity (Wildman–Crippen MR) is 72.7 cm³/mol. The summed E-state index contributed by atoms with van der Waals surface area (Å²) in [6.45, 7) is 5.81. The van der Waals surface area contributed by atoms with E-state index in [4.69, 9.17) is 0 Å². The van der Waals surface area contributed by atoms with Gasteiger partial charge >= 0.3 is 0 Å². The highest BCUT2D eigenvalue weighted by Crippen LogP contribution is 2.27. The highest BCUT2D eigenvalue weighted by molar-refractivity contribution is 5.79. The predicted octanol–water partition coefficient (Wildman–Crippen LogP) is 0.971. The number of hydrogen-bond donors (Lipinski definition) is 2. The number of aromatic amines is 1. The number of likely N-dealkylation sites (tertiary alicyclic amines) is 1. The van der Waals surface area contributed by atoms with Crippen LogP contribution in [0.4, 0.5) is 0 Å². The fourth-order valence-corrected chi connectivity index (χ4v) is 3.08. The number of carbonyl (C=O) groups is 1. The molecule has 0 radical (unpaired) electrons. The first-order valence-corrected chi connectivity index (χ1v) is 7.24. The van der Waals surface area contributed by atoms with E-state index in [0.29, 0.717) is 17.7 Å². The van der Waals surface area contributed by atoms with Gasteiger partial charge in [-0.1, -0.05) is 6.92 Å². The van der Waals surface area contributed by atoms with Crippen LogP contribution in [-0.2, 0) is 4.79 Å². The van der Waals surface area contributed by atoms with Crippen LogP contribution in [0.3, 0.4) is 0 Å². The Hall–Kier alpha value is -1.36. The number of H-pyrrole nitrogens is 1. The Kier molecular flexibility index (Phi) is 3.55. The molecule has 3 rings (SSSR count). The molecule has 1 amide bonds. The van der Waals surface area contributed by atoms with Gasteiger partial charge in [0, 0.05) is 36.8 Å². The van der Waals surface area contributed by atoms with Crippen LogP contribution in [0, 0.1) is 11.8 Å². The quantitative estimate of drug-likeness (QED) is 0.853. The van der Waals surface area contributed by atoms with Crippen molar-refractivity contribution in [1.82, 2.24) is 20.4 Å². The Morgan fingerprint density at radius 1 is 1.53 bits per heavy atom.